The van der Waals surface area contributed by atoms with Crippen LogP contribution in [-0.4, -0.2) is 29.1 Å². The largest absolute Gasteiger partial charge is 0.488 e. The number of rotatable bonds is 5. The van der Waals surface area contributed by atoms with Crippen LogP contribution < -0.4 is 4.74 Å². The van der Waals surface area contributed by atoms with Crippen LogP contribution in [0.5, 0.6) is 5.75 Å². The average molecular weight is 316 g/mol. The molecule has 3 nitrogen and oxygen atoms in total. The summed E-state index contributed by atoms with van der Waals surface area (Å²) in [6, 6.07) is 25.5. The summed E-state index contributed by atoms with van der Waals surface area (Å²) in [4.78, 5) is 6.50. The van der Waals surface area contributed by atoms with Crippen LogP contribution in [0.25, 0.3) is 0 Å². The molecule has 2 heterocycles. The minimum Gasteiger partial charge on any atom is -0.488 e. The second-order valence-electron chi connectivity index (χ2n) is 6.10. The van der Waals surface area contributed by atoms with Gasteiger partial charge in [0, 0.05) is 25.5 Å². The Hall–Kier alpha value is -2.65. The lowest BCUT2D eigenvalue weighted by Crippen LogP contribution is -2.55. The molecular formula is C21H20N2O. The summed E-state index contributed by atoms with van der Waals surface area (Å²) in [7, 11) is 0. The molecule has 1 saturated heterocycles. The lowest BCUT2D eigenvalue weighted by molar-refractivity contribution is 0.000249. The summed E-state index contributed by atoms with van der Waals surface area (Å²) in [5.74, 6) is 0.894. The van der Waals surface area contributed by atoms with E-state index in [0.29, 0.717) is 0 Å². The first-order chi connectivity index (χ1) is 11.9. The minimum absolute atomic E-state index is 0.238. The summed E-state index contributed by atoms with van der Waals surface area (Å²) in [6.45, 7) is 1.85. The van der Waals surface area contributed by atoms with Crippen molar-refractivity contribution in [3.63, 3.8) is 0 Å². The van der Waals surface area contributed by atoms with Crippen LogP contribution in [-0.2, 0) is 0 Å². The molecule has 0 spiro atoms. The van der Waals surface area contributed by atoms with Crippen LogP contribution in [0.15, 0.2) is 85.2 Å². The zero-order chi connectivity index (χ0) is 16.2. The molecule has 4 rings (SSSR count). The zero-order valence-electron chi connectivity index (χ0n) is 13.5. The molecule has 1 fully saturated rings. The summed E-state index contributed by atoms with van der Waals surface area (Å²) < 4.78 is 6.02. The Labute approximate surface area is 142 Å². The quantitative estimate of drug-likeness (QED) is 0.713. The van der Waals surface area contributed by atoms with Gasteiger partial charge in [0.15, 0.2) is 0 Å². The van der Waals surface area contributed by atoms with E-state index in [1.165, 1.54) is 11.1 Å². The Bertz CT molecular complexity index is 716. The van der Waals surface area contributed by atoms with Gasteiger partial charge in [0.2, 0.25) is 0 Å². The van der Waals surface area contributed by atoms with Gasteiger partial charge in [-0.2, -0.15) is 0 Å². The SMILES string of the molecule is c1ccc(C(c2ccccc2)N2CC(Oc3ccncc3)C2)cc1. The maximum Gasteiger partial charge on any atom is 0.124 e. The van der Waals surface area contributed by atoms with Gasteiger partial charge in [-0.25, -0.2) is 0 Å². The Balaban J connectivity index is 1.50. The van der Waals surface area contributed by atoms with Gasteiger partial charge in [-0.3, -0.25) is 9.88 Å². The molecule has 120 valence electrons. The second-order valence-corrected chi connectivity index (χ2v) is 6.10. The molecule has 3 aromatic rings. The number of aromatic nitrogens is 1. The lowest BCUT2D eigenvalue weighted by Gasteiger charge is -2.44. The van der Waals surface area contributed by atoms with Gasteiger partial charge in [0.25, 0.3) is 0 Å². The number of likely N-dealkylation sites (tertiary alicyclic amines) is 1. The van der Waals surface area contributed by atoms with Crippen LogP contribution in [0.3, 0.4) is 0 Å². The molecule has 1 aliphatic rings. The van der Waals surface area contributed by atoms with Crippen LogP contribution >= 0.6 is 0 Å². The van der Waals surface area contributed by atoms with E-state index in [4.69, 9.17) is 4.74 Å². The third-order valence-corrected chi connectivity index (χ3v) is 4.42. The number of benzene rings is 2. The van der Waals surface area contributed by atoms with Gasteiger partial charge >= 0.3 is 0 Å². The molecule has 0 radical (unpaired) electrons. The second kappa shape index (κ2) is 6.85. The molecule has 0 N–H and O–H groups in total. The van der Waals surface area contributed by atoms with Gasteiger partial charge in [-0.15, -0.1) is 0 Å². The first kappa shape index (κ1) is 14.9. The van der Waals surface area contributed by atoms with Gasteiger partial charge in [-0.1, -0.05) is 60.7 Å². The predicted molar refractivity (Wildman–Crippen MR) is 95.0 cm³/mol. The van der Waals surface area contributed by atoms with Gasteiger partial charge < -0.3 is 4.74 Å². The van der Waals surface area contributed by atoms with Crippen molar-refractivity contribution in [3.8, 4) is 5.75 Å². The molecule has 0 amide bonds. The molecule has 2 aromatic carbocycles. The topological polar surface area (TPSA) is 25.4 Å². The third-order valence-electron chi connectivity index (χ3n) is 4.42. The van der Waals surface area contributed by atoms with Gasteiger partial charge in [-0.05, 0) is 23.3 Å². The molecule has 0 atom stereocenters. The van der Waals surface area contributed by atoms with Crippen molar-refractivity contribution in [3.05, 3.63) is 96.3 Å². The first-order valence-corrected chi connectivity index (χ1v) is 8.31. The maximum atomic E-state index is 6.02. The van der Waals surface area contributed by atoms with Crippen LogP contribution in [0, 0.1) is 0 Å². The first-order valence-electron chi connectivity index (χ1n) is 8.31. The highest BCUT2D eigenvalue weighted by Gasteiger charge is 2.35. The molecule has 0 aliphatic carbocycles. The Morgan fingerprint density at radius 1 is 0.792 bits per heavy atom. The van der Waals surface area contributed by atoms with E-state index in [-0.39, 0.29) is 12.1 Å². The Kier molecular flexibility index (Phi) is 4.26. The smallest absolute Gasteiger partial charge is 0.124 e. The monoisotopic (exact) mass is 316 g/mol. The highest BCUT2D eigenvalue weighted by atomic mass is 16.5. The van der Waals surface area contributed by atoms with Crippen LogP contribution in [0.1, 0.15) is 17.2 Å². The fourth-order valence-electron chi connectivity index (χ4n) is 3.25. The van der Waals surface area contributed by atoms with Crippen molar-refractivity contribution in [2.75, 3.05) is 13.1 Å². The molecule has 0 unspecified atom stereocenters. The van der Waals surface area contributed by atoms with Gasteiger partial charge in [0.1, 0.15) is 11.9 Å². The fourth-order valence-corrected chi connectivity index (χ4v) is 3.25. The Morgan fingerprint density at radius 3 is 1.88 bits per heavy atom. The van der Waals surface area contributed by atoms with Crippen molar-refractivity contribution in [1.82, 2.24) is 9.88 Å². The Morgan fingerprint density at radius 2 is 1.33 bits per heavy atom. The summed E-state index contributed by atoms with van der Waals surface area (Å²) in [5.41, 5.74) is 2.65. The molecular weight excluding hydrogens is 296 g/mol. The van der Waals surface area contributed by atoms with E-state index >= 15 is 0 Å². The van der Waals surface area contributed by atoms with Crippen molar-refractivity contribution >= 4 is 0 Å². The number of pyridine rings is 1. The van der Waals surface area contributed by atoms with Crippen molar-refractivity contribution in [2.24, 2.45) is 0 Å². The normalized spacial score (nSPS) is 15.2. The predicted octanol–water partition coefficient (Wildman–Crippen LogP) is 3.93. The van der Waals surface area contributed by atoms with E-state index in [1.54, 1.807) is 12.4 Å². The zero-order valence-corrected chi connectivity index (χ0v) is 13.5. The molecule has 0 saturated carbocycles. The molecule has 24 heavy (non-hydrogen) atoms. The molecule has 1 aromatic heterocycles. The van der Waals surface area contributed by atoms with E-state index in [9.17, 15) is 0 Å². The maximum absolute atomic E-state index is 6.02. The lowest BCUT2D eigenvalue weighted by atomic mass is 9.94. The molecule has 0 bridgehead atoms. The number of ether oxygens (including phenoxy) is 1. The van der Waals surface area contributed by atoms with Crippen molar-refractivity contribution in [2.45, 2.75) is 12.1 Å². The molecule has 3 heteroatoms. The summed E-state index contributed by atoms with van der Waals surface area (Å²) >= 11 is 0. The van der Waals surface area contributed by atoms with E-state index in [0.717, 1.165) is 18.8 Å². The van der Waals surface area contributed by atoms with Gasteiger partial charge in [0.05, 0.1) is 6.04 Å². The van der Waals surface area contributed by atoms with E-state index in [2.05, 4.69) is 70.5 Å². The highest BCUT2D eigenvalue weighted by molar-refractivity contribution is 5.32. The van der Waals surface area contributed by atoms with E-state index in [1.807, 2.05) is 12.1 Å². The summed E-state index contributed by atoms with van der Waals surface area (Å²) in [6.07, 6.45) is 3.77. The number of hydrogen-bond donors (Lipinski definition) is 0. The van der Waals surface area contributed by atoms with Crippen LogP contribution in [0.4, 0.5) is 0 Å². The molecule has 1 aliphatic heterocycles. The standard InChI is InChI=1S/C21H20N2O/c1-3-7-17(8-4-1)21(18-9-5-2-6-10-18)23-15-20(16-23)24-19-11-13-22-14-12-19/h1-14,20-21H,15-16H2. The average Bonchev–Trinajstić information content (AvgIpc) is 2.62. The highest BCUT2D eigenvalue weighted by Crippen LogP contribution is 2.33. The fraction of sp³-hybridized carbons (Fsp3) is 0.190. The number of hydrogen-bond acceptors (Lipinski definition) is 3. The van der Waals surface area contributed by atoms with Crippen molar-refractivity contribution in [1.29, 1.82) is 0 Å². The third kappa shape index (κ3) is 3.17. The number of nitrogens with zero attached hydrogens (tertiary/aromatic N) is 2. The van der Waals surface area contributed by atoms with E-state index < -0.39 is 0 Å². The van der Waals surface area contributed by atoms with Crippen LogP contribution in [0.2, 0.25) is 0 Å². The minimum atomic E-state index is 0.238. The van der Waals surface area contributed by atoms with Crippen molar-refractivity contribution < 1.29 is 4.74 Å². The summed E-state index contributed by atoms with van der Waals surface area (Å²) in [5, 5.41) is 0.